The summed E-state index contributed by atoms with van der Waals surface area (Å²) >= 11 is 5.92. The molecule has 0 saturated carbocycles. The van der Waals surface area contributed by atoms with E-state index in [0.717, 1.165) is 24.4 Å². The molecule has 112 valence electrons. The third-order valence-electron chi connectivity index (χ3n) is 3.63. The van der Waals surface area contributed by atoms with Crippen molar-refractivity contribution >= 4 is 11.6 Å². The van der Waals surface area contributed by atoms with Crippen molar-refractivity contribution in [3.63, 3.8) is 0 Å². The van der Waals surface area contributed by atoms with Gasteiger partial charge in [0.2, 0.25) is 0 Å². The van der Waals surface area contributed by atoms with E-state index in [2.05, 4.69) is 61.6 Å². The molecule has 1 unspecified atom stereocenters. The summed E-state index contributed by atoms with van der Waals surface area (Å²) in [5.74, 6) is 0.679. The first-order valence-electron chi connectivity index (χ1n) is 7.68. The summed E-state index contributed by atoms with van der Waals surface area (Å²) < 4.78 is 0. The molecule has 0 heterocycles. The highest BCUT2D eigenvalue weighted by molar-refractivity contribution is 6.30. The van der Waals surface area contributed by atoms with Crippen molar-refractivity contribution in [1.82, 2.24) is 5.32 Å². The largest absolute Gasteiger partial charge is 0.310 e. The predicted molar refractivity (Wildman–Crippen MR) is 91.8 cm³/mol. The molecule has 1 nitrogen and oxygen atoms in total. The third-order valence-corrected chi connectivity index (χ3v) is 3.88. The van der Waals surface area contributed by atoms with Crippen LogP contribution in [0.15, 0.2) is 54.6 Å². The minimum Gasteiger partial charge on any atom is -0.310 e. The Labute approximate surface area is 133 Å². The van der Waals surface area contributed by atoms with Gasteiger partial charge in [0.05, 0.1) is 0 Å². The lowest BCUT2D eigenvalue weighted by Crippen LogP contribution is -2.25. The third kappa shape index (κ3) is 5.53. The maximum Gasteiger partial charge on any atom is 0.0406 e. The summed E-state index contributed by atoms with van der Waals surface area (Å²) in [5, 5.41) is 4.50. The van der Waals surface area contributed by atoms with Gasteiger partial charge in [-0.05, 0) is 48.6 Å². The van der Waals surface area contributed by atoms with E-state index in [9.17, 15) is 0 Å². The Morgan fingerprint density at radius 1 is 0.952 bits per heavy atom. The van der Waals surface area contributed by atoms with Gasteiger partial charge >= 0.3 is 0 Å². The Morgan fingerprint density at radius 3 is 2.24 bits per heavy atom. The van der Waals surface area contributed by atoms with Crippen LogP contribution in [0, 0.1) is 5.92 Å². The van der Waals surface area contributed by atoms with E-state index >= 15 is 0 Å². The molecule has 0 saturated heterocycles. The smallest absolute Gasteiger partial charge is 0.0406 e. The van der Waals surface area contributed by atoms with Crippen LogP contribution in [0.2, 0.25) is 5.02 Å². The van der Waals surface area contributed by atoms with Gasteiger partial charge in [0.25, 0.3) is 0 Å². The molecule has 2 aromatic carbocycles. The Hall–Kier alpha value is -1.31. The molecule has 0 radical (unpaired) electrons. The average Bonchev–Trinajstić information content (AvgIpc) is 2.49. The molecule has 2 heteroatoms. The van der Waals surface area contributed by atoms with Crippen LogP contribution in [0.5, 0.6) is 0 Å². The molecular weight excluding hydrogens is 278 g/mol. The van der Waals surface area contributed by atoms with Gasteiger partial charge in [-0.15, -0.1) is 0 Å². The van der Waals surface area contributed by atoms with Gasteiger partial charge in [-0.3, -0.25) is 0 Å². The fourth-order valence-electron chi connectivity index (χ4n) is 2.54. The van der Waals surface area contributed by atoms with E-state index in [1.54, 1.807) is 0 Å². The number of hydrogen-bond donors (Lipinski definition) is 1. The summed E-state index contributed by atoms with van der Waals surface area (Å²) in [6, 6.07) is 19.3. The highest BCUT2D eigenvalue weighted by Gasteiger charge is 2.12. The standard InChI is InChI=1S/C19H24ClN/c1-15(2)14-19(17-6-4-3-5-7-17)21-13-12-16-8-10-18(20)11-9-16/h3-11,15,19,21H,12-14H2,1-2H3. The van der Waals surface area contributed by atoms with Crippen LogP contribution in [-0.4, -0.2) is 6.54 Å². The van der Waals surface area contributed by atoms with E-state index in [1.165, 1.54) is 11.1 Å². The van der Waals surface area contributed by atoms with Crippen LogP contribution in [0.3, 0.4) is 0 Å². The van der Waals surface area contributed by atoms with Crippen LogP contribution < -0.4 is 5.32 Å². The van der Waals surface area contributed by atoms with Crippen molar-refractivity contribution in [2.24, 2.45) is 5.92 Å². The first-order chi connectivity index (χ1) is 10.1. The van der Waals surface area contributed by atoms with Crippen molar-refractivity contribution < 1.29 is 0 Å². The van der Waals surface area contributed by atoms with Gasteiger partial charge < -0.3 is 5.32 Å². The van der Waals surface area contributed by atoms with Crippen LogP contribution in [0.25, 0.3) is 0 Å². The molecule has 2 rings (SSSR count). The minimum absolute atomic E-state index is 0.429. The number of nitrogens with one attached hydrogen (secondary N) is 1. The molecule has 0 amide bonds. The average molecular weight is 302 g/mol. The second kappa shape index (κ2) is 8.21. The second-order valence-corrected chi connectivity index (χ2v) is 6.36. The van der Waals surface area contributed by atoms with Crippen molar-refractivity contribution in [3.8, 4) is 0 Å². The molecule has 21 heavy (non-hydrogen) atoms. The molecule has 0 aliphatic carbocycles. The van der Waals surface area contributed by atoms with Gasteiger partial charge in [-0.25, -0.2) is 0 Å². The van der Waals surface area contributed by atoms with E-state index in [4.69, 9.17) is 11.6 Å². The lowest BCUT2D eigenvalue weighted by Gasteiger charge is -2.21. The van der Waals surface area contributed by atoms with Crippen LogP contribution in [0.4, 0.5) is 0 Å². The monoisotopic (exact) mass is 301 g/mol. The summed E-state index contributed by atoms with van der Waals surface area (Å²) in [4.78, 5) is 0. The Balaban J connectivity index is 1.91. The highest BCUT2D eigenvalue weighted by atomic mass is 35.5. The van der Waals surface area contributed by atoms with Gasteiger partial charge in [0.15, 0.2) is 0 Å². The zero-order chi connectivity index (χ0) is 15.1. The van der Waals surface area contributed by atoms with Gasteiger partial charge in [-0.2, -0.15) is 0 Å². The lowest BCUT2D eigenvalue weighted by atomic mass is 9.97. The zero-order valence-electron chi connectivity index (χ0n) is 12.9. The van der Waals surface area contributed by atoms with Crippen molar-refractivity contribution in [1.29, 1.82) is 0 Å². The highest BCUT2D eigenvalue weighted by Crippen LogP contribution is 2.21. The van der Waals surface area contributed by atoms with Gasteiger partial charge in [0, 0.05) is 11.1 Å². The number of hydrogen-bond acceptors (Lipinski definition) is 1. The fourth-order valence-corrected chi connectivity index (χ4v) is 2.66. The second-order valence-electron chi connectivity index (χ2n) is 5.92. The SMILES string of the molecule is CC(C)CC(NCCc1ccc(Cl)cc1)c1ccccc1. The first-order valence-corrected chi connectivity index (χ1v) is 8.05. The first kappa shape index (κ1) is 16.1. The molecule has 2 aromatic rings. The fraction of sp³-hybridized carbons (Fsp3) is 0.368. The molecule has 0 aliphatic rings. The van der Waals surface area contributed by atoms with Crippen molar-refractivity contribution in [3.05, 3.63) is 70.7 Å². The van der Waals surface area contributed by atoms with E-state index in [0.29, 0.717) is 12.0 Å². The van der Waals surface area contributed by atoms with Crippen LogP contribution in [-0.2, 0) is 6.42 Å². The molecule has 0 bridgehead atoms. The molecule has 0 aliphatic heterocycles. The maximum atomic E-state index is 5.92. The van der Waals surface area contributed by atoms with Crippen molar-refractivity contribution in [2.45, 2.75) is 32.7 Å². The van der Waals surface area contributed by atoms with E-state index < -0.39 is 0 Å². The Morgan fingerprint density at radius 2 is 1.62 bits per heavy atom. The lowest BCUT2D eigenvalue weighted by molar-refractivity contribution is 0.432. The van der Waals surface area contributed by atoms with Crippen LogP contribution >= 0.6 is 11.6 Å². The Kier molecular flexibility index (Phi) is 6.28. The van der Waals surface area contributed by atoms with Gasteiger partial charge in [-0.1, -0.05) is 67.9 Å². The zero-order valence-corrected chi connectivity index (χ0v) is 13.6. The number of halogens is 1. The molecule has 0 spiro atoms. The normalized spacial score (nSPS) is 12.6. The molecule has 0 fully saturated rings. The number of rotatable bonds is 7. The molecule has 0 aromatic heterocycles. The topological polar surface area (TPSA) is 12.0 Å². The van der Waals surface area contributed by atoms with Gasteiger partial charge in [0.1, 0.15) is 0 Å². The molecule has 1 N–H and O–H groups in total. The van der Waals surface area contributed by atoms with Crippen molar-refractivity contribution in [2.75, 3.05) is 6.54 Å². The van der Waals surface area contributed by atoms with E-state index in [1.807, 2.05) is 12.1 Å². The summed E-state index contributed by atoms with van der Waals surface area (Å²) in [7, 11) is 0. The summed E-state index contributed by atoms with van der Waals surface area (Å²) in [5.41, 5.74) is 2.70. The number of benzene rings is 2. The van der Waals surface area contributed by atoms with Crippen LogP contribution in [0.1, 0.15) is 37.4 Å². The maximum absolute atomic E-state index is 5.92. The predicted octanol–water partition coefficient (Wildman–Crippen LogP) is 5.26. The minimum atomic E-state index is 0.429. The quantitative estimate of drug-likeness (QED) is 0.735. The summed E-state index contributed by atoms with van der Waals surface area (Å²) in [6.45, 7) is 5.53. The Bertz CT molecular complexity index is 519. The molecular formula is C19H24ClN. The summed E-state index contributed by atoms with van der Waals surface area (Å²) in [6.07, 6.45) is 2.18. The van der Waals surface area contributed by atoms with E-state index in [-0.39, 0.29) is 0 Å². The molecule has 1 atom stereocenters.